The van der Waals surface area contributed by atoms with Crippen molar-refractivity contribution in [2.45, 2.75) is 19.4 Å². The molecule has 2 rings (SSSR count). The Kier molecular flexibility index (Phi) is 5.10. The number of benzene rings is 2. The first kappa shape index (κ1) is 15.7. The van der Waals surface area contributed by atoms with Crippen LogP contribution in [0.5, 0.6) is 5.75 Å². The summed E-state index contributed by atoms with van der Waals surface area (Å²) in [5.41, 5.74) is 6.76. The molecule has 0 saturated heterocycles. The Morgan fingerprint density at radius 2 is 1.95 bits per heavy atom. The van der Waals surface area contributed by atoms with Gasteiger partial charge in [-0.3, -0.25) is 4.79 Å². The third kappa shape index (κ3) is 3.90. The van der Waals surface area contributed by atoms with E-state index in [-0.39, 0.29) is 5.78 Å². The van der Waals surface area contributed by atoms with Crippen LogP contribution in [0.3, 0.4) is 0 Å². The summed E-state index contributed by atoms with van der Waals surface area (Å²) in [6.07, 6.45) is -0.0579. The van der Waals surface area contributed by atoms with Crippen LogP contribution in [0.25, 0.3) is 0 Å². The molecule has 1 atom stereocenters. The number of halogens is 2. The van der Waals surface area contributed by atoms with E-state index in [1.165, 1.54) is 0 Å². The minimum Gasteiger partial charge on any atom is -0.482 e. The van der Waals surface area contributed by atoms with E-state index in [4.69, 9.17) is 33.7 Å². The van der Waals surface area contributed by atoms with Crippen molar-refractivity contribution < 1.29 is 9.53 Å². The number of ketones is 1. The Balaban J connectivity index is 2.20. The van der Waals surface area contributed by atoms with Gasteiger partial charge in [0.2, 0.25) is 5.78 Å². The largest absolute Gasteiger partial charge is 0.482 e. The van der Waals surface area contributed by atoms with Gasteiger partial charge in [0, 0.05) is 17.3 Å². The van der Waals surface area contributed by atoms with Crippen LogP contribution in [-0.4, -0.2) is 11.9 Å². The van der Waals surface area contributed by atoms with Gasteiger partial charge in [-0.1, -0.05) is 36.2 Å². The zero-order valence-corrected chi connectivity index (χ0v) is 13.0. The minimum atomic E-state index is -0.593. The zero-order valence-electron chi connectivity index (χ0n) is 11.5. The number of nitrogens with two attached hydrogens (primary N) is 1. The van der Waals surface area contributed by atoms with E-state index < -0.39 is 6.10 Å². The molecule has 5 heteroatoms. The number of carbonyl (C=O) groups excluding carboxylic acids is 1. The fraction of sp³-hybridized carbons (Fsp3) is 0.188. The Labute approximate surface area is 133 Å². The smallest absolute Gasteiger partial charge is 0.203 e. The first-order valence-electron chi connectivity index (χ1n) is 6.52. The van der Waals surface area contributed by atoms with Crippen molar-refractivity contribution in [2.24, 2.45) is 0 Å². The molecule has 0 aliphatic carbocycles. The van der Waals surface area contributed by atoms with Gasteiger partial charge >= 0.3 is 0 Å². The average molecular weight is 324 g/mol. The molecular weight excluding hydrogens is 309 g/mol. The molecular formula is C16H15Cl2NO2. The van der Waals surface area contributed by atoms with Crippen LogP contribution in [-0.2, 0) is 0 Å². The van der Waals surface area contributed by atoms with E-state index in [0.717, 1.165) is 0 Å². The first-order chi connectivity index (χ1) is 10.0. The summed E-state index contributed by atoms with van der Waals surface area (Å²) in [6.45, 7) is 1.88. The number of nitrogen functional groups attached to an aromatic ring is 1. The fourth-order valence-corrected chi connectivity index (χ4v) is 2.21. The average Bonchev–Trinajstić information content (AvgIpc) is 2.47. The predicted octanol–water partition coefficient (Wildman–Crippen LogP) is 4.62. The molecule has 0 amide bonds. The van der Waals surface area contributed by atoms with Crippen molar-refractivity contribution in [1.29, 1.82) is 0 Å². The molecule has 0 aliphatic heterocycles. The minimum absolute atomic E-state index is 0.140. The molecule has 1 unspecified atom stereocenters. The summed E-state index contributed by atoms with van der Waals surface area (Å²) >= 11 is 11.8. The van der Waals surface area contributed by atoms with E-state index in [1.807, 2.05) is 6.92 Å². The lowest BCUT2D eigenvalue weighted by Gasteiger charge is -2.17. The summed E-state index contributed by atoms with van der Waals surface area (Å²) in [4.78, 5) is 12.5. The maximum atomic E-state index is 12.5. The Morgan fingerprint density at radius 3 is 2.57 bits per heavy atom. The SMILES string of the molecule is CCC(Oc1cccc(N)c1)C(=O)c1ccc(Cl)c(Cl)c1. The van der Waals surface area contributed by atoms with Crippen molar-refractivity contribution in [2.75, 3.05) is 5.73 Å². The normalized spacial score (nSPS) is 12.0. The van der Waals surface area contributed by atoms with Gasteiger partial charge < -0.3 is 10.5 Å². The van der Waals surface area contributed by atoms with Crippen LogP contribution in [0, 0.1) is 0 Å². The molecule has 110 valence electrons. The molecule has 2 aromatic rings. The van der Waals surface area contributed by atoms with Gasteiger partial charge in [0.05, 0.1) is 10.0 Å². The predicted molar refractivity (Wildman–Crippen MR) is 86.4 cm³/mol. The van der Waals surface area contributed by atoms with Crippen LogP contribution in [0.15, 0.2) is 42.5 Å². The second kappa shape index (κ2) is 6.83. The van der Waals surface area contributed by atoms with Crippen LogP contribution >= 0.6 is 23.2 Å². The number of ether oxygens (including phenoxy) is 1. The monoisotopic (exact) mass is 323 g/mol. The van der Waals surface area contributed by atoms with E-state index in [9.17, 15) is 4.79 Å². The van der Waals surface area contributed by atoms with Crippen LogP contribution in [0.1, 0.15) is 23.7 Å². The highest BCUT2D eigenvalue weighted by Crippen LogP contribution is 2.25. The van der Waals surface area contributed by atoms with E-state index in [0.29, 0.717) is 33.5 Å². The lowest BCUT2D eigenvalue weighted by Crippen LogP contribution is -2.26. The standard InChI is InChI=1S/C16H15Cl2NO2/c1-2-15(21-12-5-3-4-11(19)9-12)16(20)10-6-7-13(17)14(18)8-10/h3-9,15H,2,19H2,1H3. The Hall–Kier alpha value is -1.71. The molecule has 0 radical (unpaired) electrons. The van der Waals surface area contributed by atoms with Crippen molar-refractivity contribution >= 4 is 34.7 Å². The number of anilines is 1. The first-order valence-corrected chi connectivity index (χ1v) is 7.28. The molecule has 21 heavy (non-hydrogen) atoms. The van der Waals surface area contributed by atoms with Crippen LogP contribution in [0.4, 0.5) is 5.69 Å². The molecule has 0 fully saturated rings. The lowest BCUT2D eigenvalue weighted by molar-refractivity contribution is 0.0786. The molecule has 0 heterocycles. The van der Waals surface area contributed by atoms with Gasteiger partial charge in [0.25, 0.3) is 0 Å². The van der Waals surface area contributed by atoms with Gasteiger partial charge in [-0.05, 0) is 36.8 Å². The highest BCUT2D eigenvalue weighted by atomic mass is 35.5. The summed E-state index contributed by atoms with van der Waals surface area (Å²) < 4.78 is 5.73. The van der Waals surface area contributed by atoms with Crippen LogP contribution in [0.2, 0.25) is 10.0 Å². The number of carbonyl (C=O) groups is 1. The second-order valence-electron chi connectivity index (χ2n) is 4.58. The van der Waals surface area contributed by atoms with Gasteiger partial charge in [0.1, 0.15) is 5.75 Å². The van der Waals surface area contributed by atoms with E-state index in [1.54, 1.807) is 42.5 Å². The molecule has 2 N–H and O–H groups in total. The molecule has 3 nitrogen and oxygen atoms in total. The highest BCUT2D eigenvalue weighted by Gasteiger charge is 2.21. The number of hydrogen-bond donors (Lipinski definition) is 1. The van der Waals surface area contributed by atoms with E-state index in [2.05, 4.69) is 0 Å². The lowest BCUT2D eigenvalue weighted by atomic mass is 10.0. The maximum Gasteiger partial charge on any atom is 0.203 e. The Morgan fingerprint density at radius 1 is 1.19 bits per heavy atom. The quantitative estimate of drug-likeness (QED) is 0.645. The topological polar surface area (TPSA) is 52.3 Å². The molecule has 0 aliphatic rings. The van der Waals surface area contributed by atoms with E-state index >= 15 is 0 Å². The van der Waals surface area contributed by atoms with Crippen molar-refractivity contribution in [3.05, 3.63) is 58.1 Å². The third-order valence-electron chi connectivity index (χ3n) is 3.00. The summed E-state index contributed by atoms with van der Waals surface area (Å²) in [6, 6.07) is 11.8. The summed E-state index contributed by atoms with van der Waals surface area (Å²) in [5.74, 6) is 0.425. The number of hydrogen-bond acceptors (Lipinski definition) is 3. The number of rotatable bonds is 5. The summed E-state index contributed by atoms with van der Waals surface area (Å²) in [5, 5.41) is 0.763. The van der Waals surface area contributed by atoms with Gasteiger partial charge in [-0.25, -0.2) is 0 Å². The fourth-order valence-electron chi connectivity index (χ4n) is 1.91. The highest BCUT2D eigenvalue weighted by molar-refractivity contribution is 6.42. The van der Waals surface area contributed by atoms with Gasteiger partial charge in [0.15, 0.2) is 6.10 Å². The molecule has 0 aromatic heterocycles. The van der Waals surface area contributed by atoms with Crippen molar-refractivity contribution in [1.82, 2.24) is 0 Å². The van der Waals surface area contributed by atoms with Crippen molar-refractivity contribution in [3.8, 4) is 5.75 Å². The molecule has 0 saturated carbocycles. The zero-order chi connectivity index (χ0) is 15.4. The molecule has 0 spiro atoms. The second-order valence-corrected chi connectivity index (χ2v) is 5.39. The van der Waals surface area contributed by atoms with Gasteiger partial charge in [-0.2, -0.15) is 0 Å². The van der Waals surface area contributed by atoms with Crippen molar-refractivity contribution in [3.63, 3.8) is 0 Å². The molecule has 2 aromatic carbocycles. The third-order valence-corrected chi connectivity index (χ3v) is 3.74. The summed E-state index contributed by atoms with van der Waals surface area (Å²) in [7, 11) is 0. The maximum absolute atomic E-state index is 12.5. The van der Waals surface area contributed by atoms with Gasteiger partial charge in [-0.15, -0.1) is 0 Å². The Bertz CT molecular complexity index is 658. The number of Topliss-reactive ketones (excluding diaryl/α,β-unsaturated/α-hetero) is 1. The molecule has 0 bridgehead atoms. The van der Waals surface area contributed by atoms with Crippen LogP contribution < -0.4 is 10.5 Å².